The van der Waals surface area contributed by atoms with Crippen molar-refractivity contribution in [1.29, 1.82) is 0 Å². The molecule has 0 aliphatic carbocycles. The fourth-order valence-corrected chi connectivity index (χ4v) is 2.63. The first-order chi connectivity index (χ1) is 13.5. The average molecular weight is 378 g/mol. The van der Waals surface area contributed by atoms with Gasteiger partial charge in [-0.05, 0) is 48.9 Å². The van der Waals surface area contributed by atoms with Gasteiger partial charge in [-0.1, -0.05) is 24.3 Å². The van der Waals surface area contributed by atoms with Crippen LogP contribution < -0.4 is 15.4 Å². The van der Waals surface area contributed by atoms with Crippen LogP contribution in [0, 0.1) is 12.7 Å². The molecule has 2 N–H and O–H groups in total. The highest BCUT2D eigenvalue weighted by Gasteiger charge is 2.12. The number of halogens is 1. The fourth-order valence-electron chi connectivity index (χ4n) is 2.63. The Labute approximate surface area is 162 Å². The number of amides is 2. The minimum atomic E-state index is -0.569. The lowest BCUT2D eigenvalue weighted by Crippen LogP contribution is -2.15. The number of benzene rings is 3. The van der Waals surface area contributed by atoms with Gasteiger partial charge in [-0.2, -0.15) is 0 Å². The van der Waals surface area contributed by atoms with Crippen molar-refractivity contribution in [2.45, 2.75) is 6.92 Å². The Hall–Kier alpha value is -3.67. The zero-order valence-corrected chi connectivity index (χ0v) is 15.5. The van der Waals surface area contributed by atoms with Crippen LogP contribution in [-0.2, 0) is 0 Å². The van der Waals surface area contributed by atoms with Crippen molar-refractivity contribution in [2.75, 3.05) is 17.7 Å². The van der Waals surface area contributed by atoms with Crippen molar-refractivity contribution in [3.63, 3.8) is 0 Å². The van der Waals surface area contributed by atoms with Crippen molar-refractivity contribution >= 4 is 23.2 Å². The number of nitrogens with one attached hydrogen (secondary N) is 2. The number of hydrogen-bond acceptors (Lipinski definition) is 3. The molecule has 5 nitrogen and oxygen atoms in total. The Bertz CT molecular complexity index is 1020. The summed E-state index contributed by atoms with van der Waals surface area (Å²) in [6, 6.07) is 17.9. The number of methoxy groups -OCH3 is 1. The summed E-state index contributed by atoms with van der Waals surface area (Å²) in [4.78, 5) is 24.9. The molecule has 0 fully saturated rings. The SMILES string of the molecule is COc1ccc(NC(=O)c2ccc(C)c(NC(=O)c3ccccc3)c2)cc1F. The maximum atomic E-state index is 13.8. The van der Waals surface area contributed by atoms with Crippen LogP contribution in [0.1, 0.15) is 26.3 Å². The molecule has 0 atom stereocenters. The molecular weight excluding hydrogens is 359 g/mol. The maximum Gasteiger partial charge on any atom is 0.255 e. The summed E-state index contributed by atoms with van der Waals surface area (Å²) >= 11 is 0. The molecule has 0 aliphatic heterocycles. The zero-order valence-electron chi connectivity index (χ0n) is 15.5. The van der Waals surface area contributed by atoms with Gasteiger partial charge in [0.25, 0.3) is 11.8 Å². The van der Waals surface area contributed by atoms with Crippen LogP contribution in [0.2, 0.25) is 0 Å². The lowest BCUT2D eigenvalue weighted by Gasteiger charge is -2.12. The van der Waals surface area contributed by atoms with E-state index in [4.69, 9.17) is 4.74 Å². The van der Waals surface area contributed by atoms with E-state index in [-0.39, 0.29) is 11.7 Å². The van der Waals surface area contributed by atoms with Gasteiger partial charge in [0.05, 0.1) is 7.11 Å². The van der Waals surface area contributed by atoms with Crippen LogP contribution in [0.15, 0.2) is 66.7 Å². The van der Waals surface area contributed by atoms with Crippen molar-refractivity contribution in [3.8, 4) is 5.75 Å². The van der Waals surface area contributed by atoms with E-state index < -0.39 is 11.7 Å². The summed E-state index contributed by atoms with van der Waals surface area (Å²) in [6.45, 7) is 1.83. The van der Waals surface area contributed by atoms with Gasteiger partial charge in [0, 0.05) is 28.6 Å². The predicted molar refractivity (Wildman–Crippen MR) is 106 cm³/mol. The third-order valence-electron chi connectivity index (χ3n) is 4.19. The van der Waals surface area contributed by atoms with Crippen molar-refractivity contribution in [3.05, 3.63) is 89.2 Å². The van der Waals surface area contributed by atoms with Crippen LogP contribution in [0.3, 0.4) is 0 Å². The molecule has 3 aromatic carbocycles. The second-order valence-electron chi connectivity index (χ2n) is 6.15. The van der Waals surface area contributed by atoms with Gasteiger partial charge in [-0.25, -0.2) is 4.39 Å². The standard InChI is InChI=1S/C22H19FN2O3/c1-14-8-9-16(12-19(14)25-21(26)15-6-4-3-5-7-15)22(27)24-17-10-11-20(28-2)18(23)13-17/h3-13H,1-2H3,(H,24,27)(H,25,26). The van der Waals surface area contributed by atoms with Gasteiger partial charge in [-0.15, -0.1) is 0 Å². The van der Waals surface area contributed by atoms with Crippen LogP contribution in [0.5, 0.6) is 5.75 Å². The van der Waals surface area contributed by atoms with E-state index in [2.05, 4.69) is 10.6 Å². The van der Waals surface area contributed by atoms with Crippen LogP contribution in [-0.4, -0.2) is 18.9 Å². The molecule has 0 spiro atoms. The number of carbonyl (C=O) groups is 2. The van der Waals surface area contributed by atoms with E-state index in [9.17, 15) is 14.0 Å². The Morgan fingerprint density at radius 1 is 0.857 bits per heavy atom. The number of hydrogen-bond donors (Lipinski definition) is 2. The number of anilines is 2. The average Bonchev–Trinajstić information content (AvgIpc) is 2.70. The number of carbonyl (C=O) groups excluding carboxylic acids is 2. The van der Waals surface area contributed by atoms with Gasteiger partial charge >= 0.3 is 0 Å². The first-order valence-corrected chi connectivity index (χ1v) is 8.60. The van der Waals surface area contributed by atoms with Gasteiger partial charge in [0.15, 0.2) is 11.6 Å². The highest BCUT2D eigenvalue weighted by atomic mass is 19.1. The van der Waals surface area contributed by atoms with Gasteiger partial charge in [0.1, 0.15) is 0 Å². The first-order valence-electron chi connectivity index (χ1n) is 8.60. The van der Waals surface area contributed by atoms with Crippen LogP contribution in [0.4, 0.5) is 15.8 Å². The summed E-state index contributed by atoms with van der Waals surface area (Å²) in [5.74, 6) is -1.16. The number of aryl methyl sites for hydroxylation is 1. The lowest BCUT2D eigenvalue weighted by atomic mass is 10.1. The summed E-state index contributed by atoms with van der Waals surface area (Å²) in [5.41, 5.74) is 2.51. The molecule has 0 aromatic heterocycles. The van der Waals surface area contributed by atoms with Crippen molar-refractivity contribution < 1.29 is 18.7 Å². The molecule has 0 saturated carbocycles. The van der Waals surface area contributed by atoms with Crippen molar-refractivity contribution in [2.24, 2.45) is 0 Å². The third-order valence-corrected chi connectivity index (χ3v) is 4.19. The quantitative estimate of drug-likeness (QED) is 0.679. The smallest absolute Gasteiger partial charge is 0.255 e. The molecule has 0 heterocycles. The molecule has 0 radical (unpaired) electrons. The second-order valence-corrected chi connectivity index (χ2v) is 6.15. The molecule has 142 valence electrons. The molecule has 0 saturated heterocycles. The molecule has 0 aliphatic rings. The van der Waals surface area contributed by atoms with E-state index in [0.717, 1.165) is 5.56 Å². The fraction of sp³-hybridized carbons (Fsp3) is 0.0909. The second kappa shape index (κ2) is 8.35. The normalized spacial score (nSPS) is 10.2. The molecule has 6 heteroatoms. The van der Waals surface area contributed by atoms with E-state index in [1.54, 1.807) is 48.5 Å². The van der Waals surface area contributed by atoms with Gasteiger partial charge in [-0.3, -0.25) is 9.59 Å². The highest BCUT2D eigenvalue weighted by molar-refractivity contribution is 6.07. The largest absolute Gasteiger partial charge is 0.494 e. The van der Waals surface area contributed by atoms with Crippen LogP contribution >= 0.6 is 0 Å². The third kappa shape index (κ3) is 4.35. The molecule has 0 bridgehead atoms. The van der Waals surface area contributed by atoms with Gasteiger partial charge in [0.2, 0.25) is 0 Å². The first kappa shape index (κ1) is 19.1. The molecule has 0 unspecified atom stereocenters. The molecular formula is C22H19FN2O3. The monoisotopic (exact) mass is 378 g/mol. The van der Waals surface area contributed by atoms with E-state index in [0.29, 0.717) is 22.5 Å². The Balaban J connectivity index is 1.77. The topological polar surface area (TPSA) is 67.4 Å². The summed E-state index contributed by atoms with van der Waals surface area (Å²) in [5, 5.41) is 5.45. The van der Waals surface area contributed by atoms with Crippen molar-refractivity contribution in [1.82, 2.24) is 0 Å². The minimum Gasteiger partial charge on any atom is -0.494 e. The summed E-state index contributed by atoms with van der Waals surface area (Å²) in [6.07, 6.45) is 0. The molecule has 3 aromatic rings. The number of rotatable bonds is 5. The van der Waals surface area contributed by atoms with Gasteiger partial charge < -0.3 is 15.4 Å². The van der Waals surface area contributed by atoms with E-state index in [1.807, 2.05) is 13.0 Å². The number of ether oxygens (including phenoxy) is 1. The maximum absolute atomic E-state index is 13.8. The Kier molecular flexibility index (Phi) is 5.69. The predicted octanol–water partition coefficient (Wildman–Crippen LogP) is 4.65. The molecule has 2 amide bonds. The molecule has 3 rings (SSSR count). The Morgan fingerprint density at radius 3 is 2.25 bits per heavy atom. The summed E-state index contributed by atoms with van der Waals surface area (Å²) < 4.78 is 18.7. The zero-order chi connectivity index (χ0) is 20.1. The van der Waals surface area contributed by atoms with Crippen LogP contribution in [0.25, 0.3) is 0 Å². The van der Waals surface area contributed by atoms with E-state index >= 15 is 0 Å². The van der Waals surface area contributed by atoms with E-state index in [1.165, 1.54) is 19.2 Å². The molecule has 28 heavy (non-hydrogen) atoms. The highest BCUT2D eigenvalue weighted by Crippen LogP contribution is 2.22. The minimum absolute atomic E-state index is 0.0965. The summed E-state index contributed by atoms with van der Waals surface area (Å²) in [7, 11) is 1.37. The Morgan fingerprint density at radius 2 is 1.57 bits per heavy atom. The lowest BCUT2D eigenvalue weighted by molar-refractivity contribution is 0.101.